The van der Waals surface area contributed by atoms with Crippen LogP contribution in [0.4, 0.5) is 0 Å². The molecular formula is C85H141NO8. The first-order valence-corrected chi connectivity index (χ1v) is 38.4. The van der Waals surface area contributed by atoms with Gasteiger partial charge in [0.2, 0.25) is 5.91 Å². The van der Waals surface area contributed by atoms with Crippen molar-refractivity contribution in [2.75, 3.05) is 13.2 Å². The van der Waals surface area contributed by atoms with Crippen molar-refractivity contribution >= 4 is 5.91 Å². The Morgan fingerprint density at radius 3 is 1.02 bits per heavy atom. The van der Waals surface area contributed by atoms with Gasteiger partial charge in [-0.15, -0.1) is 0 Å². The summed E-state index contributed by atoms with van der Waals surface area (Å²) in [5.41, 5.74) is 0. The van der Waals surface area contributed by atoms with E-state index < -0.39 is 49.5 Å². The number of nitrogens with one attached hydrogen (secondary N) is 1. The summed E-state index contributed by atoms with van der Waals surface area (Å²) >= 11 is 0. The van der Waals surface area contributed by atoms with Crippen LogP contribution in [-0.2, 0) is 14.3 Å². The second-order valence-electron chi connectivity index (χ2n) is 25.7. The molecule has 0 spiro atoms. The van der Waals surface area contributed by atoms with Gasteiger partial charge in [-0.2, -0.15) is 0 Å². The van der Waals surface area contributed by atoms with Crippen LogP contribution in [0.25, 0.3) is 0 Å². The highest BCUT2D eigenvalue weighted by molar-refractivity contribution is 5.76. The summed E-state index contributed by atoms with van der Waals surface area (Å²) in [6.07, 6.45) is 106. The fraction of sp³-hybridized carbons (Fsp3) is 0.659. The number of rotatable bonds is 65. The Labute approximate surface area is 577 Å². The first kappa shape index (κ1) is 87.6. The first-order chi connectivity index (χ1) is 46.3. The number of carbonyl (C=O) groups is 1. The minimum Gasteiger partial charge on any atom is -0.394 e. The second-order valence-corrected chi connectivity index (χ2v) is 25.7. The van der Waals surface area contributed by atoms with Crippen molar-refractivity contribution in [2.45, 2.75) is 346 Å². The van der Waals surface area contributed by atoms with Crippen molar-refractivity contribution in [1.29, 1.82) is 0 Å². The van der Waals surface area contributed by atoms with Gasteiger partial charge in [-0.3, -0.25) is 4.79 Å². The molecule has 0 aromatic heterocycles. The van der Waals surface area contributed by atoms with Gasteiger partial charge in [0.25, 0.3) is 0 Å². The maximum atomic E-state index is 13.1. The molecule has 0 bridgehead atoms. The monoisotopic (exact) mass is 1300 g/mol. The summed E-state index contributed by atoms with van der Waals surface area (Å²) in [7, 11) is 0. The third kappa shape index (κ3) is 58.9. The zero-order valence-corrected chi connectivity index (χ0v) is 59.9. The van der Waals surface area contributed by atoms with Gasteiger partial charge >= 0.3 is 0 Å². The molecule has 7 atom stereocenters. The third-order valence-corrected chi connectivity index (χ3v) is 17.0. The molecule has 0 radical (unpaired) electrons. The largest absolute Gasteiger partial charge is 0.394 e. The molecule has 0 aliphatic carbocycles. The van der Waals surface area contributed by atoms with Crippen LogP contribution >= 0.6 is 0 Å². The number of ether oxygens (including phenoxy) is 2. The topological polar surface area (TPSA) is 149 Å². The fourth-order valence-electron chi connectivity index (χ4n) is 11.1. The minimum atomic E-state index is -1.59. The van der Waals surface area contributed by atoms with Gasteiger partial charge in [0.15, 0.2) is 6.29 Å². The Morgan fingerprint density at radius 1 is 0.372 bits per heavy atom. The highest BCUT2D eigenvalue weighted by atomic mass is 16.7. The number of unbranched alkanes of at least 4 members (excludes halogenated alkanes) is 29. The zero-order valence-electron chi connectivity index (χ0n) is 59.9. The van der Waals surface area contributed by atoms with Crippen LogP contribution < -0.4 is 5.32 Å². The second kappa shape index (κ2) is 71.3. The van der Waals surface area contributed by atoms with E-state index in [2.05, 4.69) is 177 Å². The lowest BCUT2D eigenvalue weighted by molar-refractivity contribution is -0.302. The summed E-state index contributed by atoms with van der Waals surface area (Å²) in [6.45, 7) is 3.65. The van der Waals surface area contributed by atoms with Crippen LogP contribution in [0.15, 0.2) is 170 Å². The summed E-state index contributed by atoms with van der Waals surface area (Å²) < 4.78 is 11.3. The molecule has 1 heterocycles. The van der Waals surface area contributed by atoms with Gasteiger partial charge in [0.05, 0.1) is 25.4 Å². The van der Waals surface area contributed by atoms with Crippen molar-refractivity contribution in [3.8, 4) is 0 Å². The van der Waals surface area contributed by atoms with Crippen LogP contribution in [0.1, 0.15) is 303 Å². The molecule has 0 aromatic rings. The normalized spacial score (nSPS) is 18.6. The molecule has 94 heavy (non-hydrogen) atoms. The number of hydrogen-bond donors (Lipinski definition) is 6. The van der Waals surface area contributed by atoms with E-state index in [0.717, 1.165) is 135 Å². The SMILES string of the molecule is CC/C=C\C/C=C\C/C=C\C/C=C\C/C=C\C/C=C\C/C=C\C/C=C\C/C=C\C/C=C\C/C=C\CCCCCCCCCC(=O)NC(COC1OC(CO)C(O)C(O)C1O)C(O)/C=C/CC/C=C/CC/C=C/CCCCCCCCCCCCCCCCCCCCCC. The van der Waals surface area contributed by atoms with E-state index in [-0.39, 0.29) is 12.5 Å². The molecule has 9 nitrogen and oxygen atoms in total. The Balaban J connectivity index is 2.18. The van der Waals surface area contributed by atoms with Crippen LogP contribution in [0.2, 0.25) is 0 Å². The average Bonchev–Trinajstić information content (AvgIpc) is 0.831. The molecule has 1 rings (SSSR count). The van der Waals surface area contributed by atoms with E-state index in [0.29, 0.717) is 6.42 Å². The van der Waals surface area contributed by atoms with Crippen LogP contribution in [-0.4, -0.2) is 87.5 Å². The van der Waals surface area contributed by atoms with E-state index in [1.807, 2.05) is 6.08 Å². The van der Waals surface area contributed by atoms with Crippen molar-refractivity contribution in [1.82, 2.24) is 5.32 Å². The number of hydrogen-bond acceptors (Lipinski definition) is 8. The highest BCUT2D eigenvalue weighted by Crippen LogP contribution is 2.23. The molecule has 0 aromatic carbocycles. The molecule has 1 amide bonds. The number of aliphatic hydroxyl groups is 5. The van der Waals surface area contributed by atoms with Gasteiger partial charge in [-0.1, -0.05) is 338 Å². The molecule has 1 aliphatic heterocycles. The Hall–Kier alpha value is -4.45. The minimum absolute atomic E-state index is 0.207. The number of allylic oxidation sites excluding steroid dienone is 27. The van der Waals surface area contributed by atoms with E-state index in [9.17, 15) is 30.3 Å². The summed E-state index contributed by atoms with van der Waals surface area (Å²) in [6, 6.07) is -0.849. The summed E-state index contributed by atoms with van der Waals surface area (Å²) in [4.78, 5) is 13.1. The maximum Gasteiger partial charge on any atom is 0.220 e. The molecule has 534 valence electrons. The van der Waals surface area contributed by atoms with Crippen LogP contribution in [0.3, 0.4) is 0 Å². The number of carbonyl (C=O) groups excluding carboxylic acids is 1. The first-order valence-electron chi connectivity index (χ1n) is 38.4. The lowest BCUT2D eigenvalue weighted by Crippen LogP contribution is -2.60. The van der Waals surface area contributed by atoms with E-state index in [1.54, 1.807) is 6.08 Å². The lowest BCUT2D eigenvalue weighted by atomic mass is 9.99. The highest BCUT2D eigenvalue weighted by Gasteiger charge is 2.44. The Bertz CT molecular complexity index is 2100. The van der Waals surface area contributed by atoms with Crippen LogP contribution in [0, 0.1) is 0 Å². The van der Waals surface area contributed by atoms with Crippen molar-refractivity contribution in [3.05, 3.63) is 170 Å². The maximum absolute atomic E-state index is 13.1. The van der Waals surface area contributed by atoms with Gasteiger partial charge in [-0.25, -0.2) is 0 Å². The molecule has 1 saturated heterocycles. The summed E-state index contributed by atoms with van der Waals surface area (Å²) in [5.74, 6) is -0.207. The van der Waals surface area contributed by atoms with Gasteiger partial charge in [0.1, 0.15) is 24.4 Å². The third-order valence-electron chi connectivity index (χ3n) is 17.0. The van der Waals surface area contributed by atoms with E-state index >= 15 is 0 Å². The van der Waals surface area contributed by atoms with E-state index in [4.69, 9.17) is 9.47 Å². The standard InChI is InChI=1S/C85H141NO8/c1-3-5-7-9-11-13-15-17-19-21-23-25-27-29-31-33-35-36-37-38-39-40-41-42-43-44-45-47-49-51-53-55-57-59-61-63-65-67-69-71-73-75-81(89)86-78(77-93-85-84(92)83(91)82(90)80(76-87)94-85)79(88)74-72-70-68-66-64-62-60-58-56-54-52-50-48-46-34-32-30-28-26-24-22-20-18-16-14-12-10-8-6-4-2/h5,7,11,13,17,19,23,25,29,31,35-36,38-39,41-42,44-45,49,51,55-58,64,66,72,74,78-80,82-85,87-88,90-92H,3-4,6,8-10,12,14-16,18,20-22,24,26-28,30,32-34,37,40,43,46-48,50,52-54,59-63,65,67-71,73,75-77H2,1-2H3,(H,86,89)/b7-5-,13-11-,19-17-,25-23-,31-29-,36-35-,39-38-,42-41-,45-44-,51-49-,57-55-,58-56+,66-64+,74-72+. The van der Waals surface area contributed by atoms with Gasteiger partial charge < -0.3 is 40.3 Å². The Morgan fingerprint density at radius 2 is 0.670 bits per heavy atom. The molecule has 1 aliphatic rings. The molecule has 0 saturated carbocycles. The molecule has 1 fully saturated rings. The van der Waals surface area contributed by atoms with E-state index in [1.165, 1.54) is 148 Å². The molecule has 6 N–H and O–H groups in total. The van der Waals surface area contributed by atoms with Crippen molar-refractivity contribution in [2.24, 2.45) is 0 Å². The Kier molecular flexibility index (Phi) is 66.4. The zero-order chi connectivity index (χ0) is 67.8. The quantitative estimate of drug-likeness (QED) is 0.0261. The van der Waals surface area contributed by atoms with Crippen molar-refractivity contribution in [3.63, 3.8) is 0 Å². The van der Waals surface area contributed by atoms with Crippen LogP contribution in [0.5, 0.6) is 0 Å². The predicted molar refractivity (Wildman–Crippen MR) is 405 cm³/mol. The summed E-state index contributed by atoms with van der Waals surface area (Å²) in [5, 5.41) is 54.8. The molecular weight excluding hydrogens is 1160 g/mol. The smallest absolute Gasteiger partial charge is 0.220 e. The fourth-order valence-corrected chi connectivity index (χ4v) is 11.1. The molecule has 9 heteroatoms. The van der Waals surface area contributed by atoms with Gasteiger partial charge in [0, 0.05) is 6.42 Å². The molecule has 7 unspecified atom stereocenters. The average molecular weight is 1310 g/mol. The van der Waals surface area contributed by atoms with Gasteiger partial charge in [-0.05, 0) is 128 Å². The lowest BCUT2D eigenvalue weighted by Gasteiger charge is -2.40. The number of amides is 1. The van der Waals surface area contributed by atoms with Crippen molar-refractivity contribution < 1.29 is 39.8 Å². The predicted octanol–water partition coefficient (Wildman–Crippen LogP) is 22.0. The number of aliphatic hydroxyl groups excluding tert-OH is 5.